The Balaban J connectivity index is 1.77. The molecule has 0 unspecified atom stereocenters. The van der Waals surface area contributed by atoms with Crippen LogP contribution in [0.1, 0.15) is 26.3 Å². The maximum absolute atomic E-state index is 12.5. The van der Waals surface area contributed by atoms with E-state index < -0.39 is 5.97 Å². The quantitative estimate of drug-likeness (QED) is 0.667. The Kier molecular flexibility index (Phi) is 5.47. The maximum atomic E-state index is 12.5. The van der Waals surface area contributed by atoms with E-state index in [2.05, 4.69) is 15.6 Å². The van der Waals surface area contributed by atoms with Gasteiger partial charge in [0.2, 0.25) is 0 Å². The highest BCUT2D eigenvalue weighted by Crippen LogP contribution is 2.20. The van der Waals surface area contributed by atoms with Crippen LogP contribution in [0.4, 0.5) is 17.1 Å². The standard InChI is InChI=1S/C21H19N3O3/c1-14-6-3-4-9-19(14)24-20(25)16-11-18(13-22-12-16)23-17-8-5-7-15(10-17)21(26)27-2/h3-13,23H,1-2H3,(H,24,25). The number of nitrogens with zero attached hydrogens (tertiary/aromatic N) is 1. The highest BCUT2D eigenvalue weighted by molar-refractivity contribution is 6.05. The van der Waals surface area contributed by atoms with Crippen LogP contribution in [0.3, 0.4) is 0 Å². The van der Waals surface area contributed by atoms with Crippen LogP contribution in [0.2, 0.25) is 0 Å². The van der Waals surface area contributed by atoms with Gasteiger partial charge in [-0.3, -0.25) is 9.78 Å². The van der Waals surface area contributed by atoms with Crippen LogP contribution in [0, 0.1) is 6.92 Å². The van der Waals surface area contributed by atoms with E-state index in [-0.39, 0.29) is 5.91 Å². The van der Waals surface area contributed by atoms with Crippen LogP contribution >= 0.6 is 0 Å². The SMILES string of the molecule is COC(=O)c1cccc(Nc2cncc(C(=O)Nc3ccccc3C)c2)c1. The van der Waals surface area contributed by atoms with Gasteiger partial charge < -0.3 is 15.4 Å². The molecule has 3 aromatic rings. The molecule has 1 aromatic heterocycles. The number of rotatable bonds is 5. The molecule has 0 aliphatic rings. The summed E-state index contributed by atoms with van der Waals surface area (Å²) in [5, 5.41) is 6.02. The number of hydrogen-bond acceptors (Lipinski definition) is 5. The molecule has 6 heteroatoms. The van der Waals surface area contributed by atoms with Gasteiger partial charge in [-0.25, -0.2) is 4.79 Å². The number of anilines is 3. The van der Waals surface area contributed by atoms with Crippen LogP contribution in [0.15, 0.2) is 67.0 Å². The predicted octanol–water partition coefficient (Wildman–Crippen LogP) is 4.17. The van der Waals surface area contributed by atoms with Gasteiger partial charge in [0.25, 0.3) is 5.91 Å². The van der Waals surface area contributed by atoms with E-state index in [0.29, 0.717) is 22.5 Å². The fourth-order valence-corrected chi connectivity index (χ4v) is 2.55. The molecule has 0 bridgehead atoms. The van der Waals surface area contributed by atoms with E-state index in [1.54, 1.807) is 30.5 Å². The van der Waals surface area contributed by atoms with Gasteiger partial charge in [0, 0.05) is 17.6 Å². The highest BCUT2D eigenvalue weighted by Gasteiger charge is 2.10. The van der Waals surface area contributed by atoms with Crippen molar-refractivity contribution in [3.8, 4) is 0 Å². The second-order valence-corrected chi connectivity index (χ2v) is 5.93. The number of ether oxygens (including phenoxy) is 1. The van der Waals surface area contributed by atoms with Crippen molar-refractivity contribution in [2.45, 2.75) is 6.92 Å². The molecule has 27 heavy (non-hydrogen) atoms. The number of aromatic nitrogens is 1. The van der Waals surface area contributed by atoms with Crippen molar-refractivity contribution in [3.63, 3.8) is 0 Å². The molecule has 3 rings (SSSR count). The van der Waals surface area contributed by atoms with Crippen molar-refractivity contribution in [1.29, 1.82) is 0 Å². The van der Waals surface area contributed by atoms with Gasteiger partial charge in [0.1, 0.15) is 0 Å². The zero-order chi connectivity index (χ0) is 19.2. The molecule has 0 fully saturated rings. The number of amides is 1. The summed E-state index contributed by atoms with van der Waals surface area (Å²) in [5.74, 6) is -0.660. The van der Waals surface area contributed by atoms with Crippen LogP contribution in [0.5, 0.6) is 0 Å². The van der Waals surface area contributed by atoms with E-state index >= 15 is 0 Å². The average Bonchev–Trinajstić information content (AvgIpc) is 2.69. The number of aryl methyl sites for hydroxylation is 1. The monoisotopic (exact) mass is 361 g/mol. The average molecular weight is 361 g/mol. The summed E-state index contributed by atoms with van der Waals surface area (Å²) < 4.78 is 4.73. The number of para-hydroxylation sites is 1. The topological polar surface area (TPSA) is 80.3 Å². The van der Waals surface area contributed by atoms with Gasteiger partial charge in [0.05, 0.1) is 30.1 Å². The second-order valence-electron chi connectivity index (χ2n) is 5.93. The van der Waals surface area contributed by atoms with Crippen molar-refractivity contribution in [3.05, 3.63) is 83.7 Å². The first-order chi connectivity index (χ1) is 13.1. The molecule has 0 radical (unpaired) electrons. The number of carbonyl (C=O) groups excluding carboxylic acids is 2. The second kappa shape index (κ2) is 8.14. The summed E-state index contributed by atoms with van der Waals surface area (Å²) in [6.07, 6.45) is 3.11. The van der Waals surface area contributed by atoms with Gasteiger partial charge in [-0.1, -0.05) is 24.3 Å². The Morgan fingerprint density at radius 3 is 2.48 bits per heavy atom. The first kappa shape index (κ1) is 18.1. The molecule has 2 N–H and O–H groups in total. The molecule has 136 valence electrons. The lowest BCUT2D eigenvalue weighted by Gasteiger charge is -2.10. The predicted molar refractivity (Wildman–Crippen MR) is 104 cm³/mol. The molecule has 0 atom stereocenters. The third-order valence-electron chi connectivity index (χ3n) is 3.97. The summed E-state index contributed by atoms with van der Waals surface area (Å²) >= 11 is 0. The molecule has 0 spiro atoms. The summed E-state index contributed by atoms with van der Waals surface area (Å²) in [6, 6.07) is 16.2. The largest absolute Gasteiger partial charge is 0.465 e. The lowest BCUT2D eigenvalue weighted by atomic mass is 10.1. The van der Waals surface area contributed by atoms with E-state index in [1.807, 2.05) is 37.3 Å². The third-order valence-corrected chi connectivity index (χ3v) is 3.97. The summed E-state index contributed by atoms with van der Waals surface area (Å²) in [5.41, 5.74) is 3.92. The summed E-state index contributed by atoms with van der Waals surface area (Å²) in [7, 11) is 1.34. The molecule has 0 saturated heterocycles. The van der Waals surface area contributed by atoms with Crippen LogP contribution in [-0.4, -0.2) is 24.0 Å². The summed E-state index contributed by atoms with van der Waals surface area (Å²) in [4.78, 5) is 28.3. The van der Waals surface area contributed by atoms with E-state index in [1.165, 1.54) is 13.3 Å². The van der Waals surface area contributed by atoms with Crippen LogP contribution in [-0.2, 0) is 4.74 Å². The molecule has 1 amide bonds. The summed E-state index contributed by atoms with van der Waals surface area (Å²) in [6.45, 7) is 1.93. The molecule has 6 nitrogen and oxygen atoms in total. The van der Waals surface area contributed by atoms with Gasteiger partial charge >= 0.3 is 5.97 Å². The third kappa shape index (κ3) is 4.49. The molecule has 1 heterocycles. The van der Waals surface area contributed by atoms with Crippen molar-refractivity contribution in [2.75, 3.05) is 17.7 Å². The Labute approximate surface area is 157 Å². The molecular weight excluding hydrogens is 342 g/mol. The number of nitrogens with one attached hydrogen (secondary N) is 2. The van der Waals surface area contributed by atoms with Crippen molar-refractivity contribution < 1.29 is 14.3 Å². The number of benzene rings is 2. The Morgan fingerprint density at radius 1 is 0.926 bits per heavy atom. The number of methoxy groups -OCH3 is 1. The van der Waals surface area contributed by atoms with Gasteiger partial charge in [-0.05, 0) is 42.8 Å². The first-order valence-corrected chi connectivity index (χ1v) is 8.34. The minimum atomic E-state index is -0.414. The van der Waals surface area contributed by atoms with Gasteiger partial charge in [-0.15, -0.1) is 0 Å². The van der Waals surface area contributed by atoms with Gasteiger partial charge in [0.15, 0.2) is 0 Å². The number of esters is 1. The number of pyridine rings is 1. The van der Waals surface area contributed by atoms with Crippen LogP contribution in [0.25, 0.3) is 0 Å². The van der Waals surface area contributed by atoms with Crippen molar-refractivity contribution in [2.24, 2.45) is 0 Å². The molecule has 0 aliphatic heterocycles. The lowest BCUT2D eigenvalue weighted by Crippen LogP contribution is -2.13. The number of hydrogen-bond donors (Lipinski definition) is 2. The maximum Gasteiger partial charge on any atom is 0.337 e. The molecule has 2 aromatic carbocycles. The van der Waals surface area contributed by atoms with E-state index in [4.69, 9.17) is 4.74 Å². The highest BCUT2D eigenvalue weighted by atomic mass is 16.5. The fourth-order valence-electron chi connectivity index (χ4n) is 2.55. The lowest BCUT2D eigenvalue weighted by molar-refractivity contribution is 0.0600. The molecule has 0 aliphatic carbocycles. The van der Waals surface area contributed by atoms with E-state index in [0.717, 1.165) is 11.3 Å². The fraction of sp³-hybridized carbons (Fsp3) is 0.0952. The number of carbonyl (C=O) groups is 2. The van der Waals surface area contributed by atoms with E-state index in [9.17, 15) is 9.59 Å². The minimum Gasteiger partial charge on any atom is -0.465 e. The zero-order valence-corrected chi connectivity index (χ0v) is 15.0. The molecule has 0 saturated carbocycles. The molecular formula is C21H19N3O3. The first-order valence-electron chi connectivity index (χ1n) is 8.34. The zero-order valence-electron chi connectivity index (χ0n) is 15.0. The normalized spacial score (nSPS) is 10.1. The van der Waals surface area contributed by atoms with Crippen molar-refractivity contribution in [1.82, 2.24) is 4.98 Å². The van der Waals surface area contributed by atoms with Crippen molar-refractivity contribution >= 4 is 28.9 Å². The minimum absolute atomic E-state index is 0.247. The Bertz CT molecular complexity index is 986. The Morgan fingerprint density at radius 2 is 1.70 bits per heavy atom. The smallest absolute Gasteiger partial charge is 0.337 e. The van der Waals surface area contributed by atoms with Gasteiger partial charge in [-0.2, -0.15) is 0 Å². The Hall–Kier alpha value is -3.67. The van der Waals surface area contributed by atoms with Crippen LogP contribution < -0.4 is 10.6 Å².